The maximum Gasteiger partial charge on any atom is 0.324 e. The molecule has 288 valence electrons. The van der Waals surface area contributed by atoms with Gasteiger partial charge in [0.2, 0.25) is 0 Å². The molecule has 9 rings (SSSR count). The average Bonchev–Trinajstić information content (AvgIpc) is 3.88. The third kappa shape index (κ3) is 5.57. The zero-order valence-corrected chi connectivity index (χ0v) is 33.8. The zero-order valence-electron chi connectivity index (χ0n) is 33.8. The molecule has 5 nitrogen and oxygen atoms in total. The minimum atomic E-state index is -1.66. The molecule has 0 saturated heterocycles. The van der Waals surface area contributed by atoms with E-state index in [1.165, 1.54) is 0 Å². The summed E-state index contributed by atoms with van der Waals surface area (Å²) in [4.78, 5) is 29.4. The highest BCUT2D eigenvalue weighted by Crippen LogP contribution is 2.70. The summed E-state index contributed by atoms with van der Waals surface area (Å²) >= 11 is 0. The fraction of sp³-hybridized carbons (Fsp3) is 0.245. The molecule has 2 bridgehead atoms. The number of carbonyl (C=O) groups is 2. The number of benzene rings is 6. The number of hydrogen-bond acceptors (Lipinski definition) is 5. The Morgan fingerprint density at radius 1 is 0.569 bits per heavy atom. The number of ether oxygens (including phenoxy) is 3. The number of hydrogen-bond donors (Lipinski definition) is 0. The number of fused-ring (bicyclic) bond motifs is 10. The predicted octanol–water partition coefficient (Wildman–Crippen LogP) is 10.3. The first-order chi connectivity index (χ1) is 28.0. The first-order valence-electron chi connectivity index (χ1n) is 20.2. The van der Waals surface area contributed by atoms with E-state index in [0.29, 0.717) is 0 Å². The summed E-state index contributed by atoms with van der Waals surface area (Å²) in [6.45, 7) is 11.4. The van der Waals surface area contributed by atoms with E-state index in [2.05, 4.69) is 123 Å². The lowest BCUT2D eigenvalue weighted by molar-refractivity contribution is -0.176. The smallest absolute Gasteiger partial charge is 0.324 e. The minimum Gasteiger partial charge on any atom is -0.462 e. The van der Waals surface area contributed by atoms with Gasteiger partial charge in [0, 0.05) is 40.7 Å². The van der Waals surface area contributed by atoms with Gasteiger partial charge >= 0.3 is 11.9 Å². The Bertz CT molecular complexity index is 2620. The van der Waals surface area contributed by atoms with Crippen molar-refractivity contribution >= 4 is 11.9 Å². The van der Waals surface area contributed by atoms with Crippen LogP contribution in [0.2, 0.25) is 0 Å². The third-order valence-electron chi connectivity index (χ3n) is 11.9. The van der Waals surface area contributed by atoms with E-state index in [-0.39, 0.29) is 12.8 Å². The zero-order chi connectivity index (χ0) is 40.4. The molecule has 6 aromatic rings. The second kappa shape index (κ2) is 14.0. The summed E-state index contributed by atoms with van der Waals surface area (Å²) in [5, 5.41) is 0. The minimum absolute atomic E-state index is 0.0638. The van der Waals surface area contributed by atoms with Crippen LogP contribution >= 0.6 is 0 Å². The second-order valence-corrected chi connectivity index (χ2v) is 16.5. The van der Waals surface area contributed by atoms with Crippen molar-refractivity contribution in [1.29, 1.82) is 0 Å². The largest absolute Gasteiger partial charge is 0.462 e. The maximum absolute atomic E-state index is 14.7. The molecule has 0 amide bonds. The highest BCUT2D eigenvalue weighted by molar-refractivity contribution is 6.03. The molecule has 0 N–H and O–H groups in total. The fourth-order valence-corrected chi connectivity index (χ4v) is 9.47. The summed E-state index contributed by atoms with van der Waals surface area (Å²) in [5.41, 5.74) is 9.59. The summed E-state index contributed by atoms with van der Waals surface area (Å²) < 4.78 is 20.0. The quantitative estimate of drug-likeness (QED) is 0.0921. The first-order valence-corrected chi connectivity index (χ1v) is 20.2. The van der Waals surface area contributed by atoms with Crippen molar-refractivity contribution in [3.05, 3.63) is 200 Å². The molecule has 2 heterocycles. The Hall–Kier alpha value is -6.22. The number of rotatable bonds is 7. The van der Waals surface area contributed by atoms with Crippen LogP contribution in [0.4, 0.5) is 0 Å². The molecule has 0 saturated carbocycles. The number of esters is 2. The van der Waals surface area contributed by atoms with Crippen LogP contribution in [0, 0.1) is 31.1 Å². The van der Waals surface area contributed by atoms with Crippen LogP contribution in [-0.4, -0.2) is 24.1 Å². The number of aryl methyl sites for hydroxylation is 2. The van der Waals surface area contributed by atoms with Crippen molar-refractivity contribution in [3.63, 3.8) is 0 Å². The van der Waals surface area contributed by atoms with E-state index in [4.69, 9.17) is 14.2 Å². The summed E-state index contributed by atoms with van der Waals surface area (Å²) in [6.07, 6.45) is -0.760. The molecule has 5 heteroatoms. The van der Waals surface area contributed by atoms with Crippen molar-refractivity contribution in [2.45, 2.75) is 77.8 Å². The van der Waals surface area contributed by atoms with E-state index in [1.807, 2.05) is 64.1 Å². The maximum atomic E-state index is 14.7. The van der Waals surface area contributed by atoms with E-state index >= 15 is 0 Å². The summed E-state index contributed by atoms with van der Waals surface area (Å²) in [6, 6.07) is 46.0. The molecule has 2 unspecified atom stereocenters. The standard InChI is InChI=1S/C53H46O5/c1-33(2)56-49(54)51(50(55)57-34(3)4)31-42-41(30-27-37-25-21-35(5)22-26-37)46(38-28-23-36(6)24-29-38)48-47(43(42)32-51)52(39-15-9-7-10-16-39)44-19-13-14-20-45(44)53(48,58-52)40-17-11-8-12-18-40/h7-26,28-29,33-34H,31-32H2,1-6H3. The molecule has 58 heavy (non-hydrogen) atoms. The summed E-state index contributed by atoms with van der Waals surface area (Å²) in [7, 11) is 0. The molecule has 0 radical (unpaired) electrons. The average molecular weight is 763 g/mol. The Labute approximate surface area is 341 Å². The highest BCUT2D eigenvalue weighted by Gasteiger charge is 2.68. The topological polar surface area (TPSA) is 61.8 Å². The van der Waals surface area contributed by atoms with Gasteiger partial charge in [0.15, 0.2) is 5.41 Å². The van der Waals surface area contributed by atoms with E-state index in [9.17, 15) is 9.59 Å². The van der Waals surface area contributed by atoms with Crippen molar-refractivity contribution in [2.24, 2.45) is 5.41 Å². The molecule has 6 aromatic carbocycles. The van der Waals surface area contributed by atoms with Gasteiger partial charge in [0.05, 0.1) is 12.2 Å². The SMILES string of the molecule is Cc1ccc(C#Cc2c3c(c4c(c2-c2ccc(C)cc2)C2(c5ccccc5)OC4(c4ccccc4)c4ccccc42)CC(C(=O)OC(C)C)(C(=O)OC(C)C)C3)cc1. The highest BCUT2D eigenvalue weighted by atomic mass is 16.6. The molecule has 2 aliphatic heterocycles. The van der Waals surface area contributed by atoms with Gasteiger partial charge in [-0.1, -0.05) is 144 Å². The van der Waals surface area contributed by atoms with Crippen LogP contribution in [0.15, 0.2) is 133 Å². The van der Waals surface area contributed by atoms with Crippen LogP contribution in [0.1, 0.15) is 94.5 Å². The van der Waals surface area contributed by atoms with Gasteiger partial charge in [-0.25, -0.2) is 0 Å². The Morgan fingerprint density at radius 2 is 1.03 bits per heavy atom. The molecule has 0 spiro atoms. The Kier molecular flexibility index (Phi) is 9.02. The lowest BCUT2D eigenvalue weighted by atomic mass is 9.64. The fourth-order valence-electron chi connectivity index (χ4n) is 9.47. The molecular weight excluding hydrogens is 717 g/mol. The second-order valence-electron chi connectivity index (χ2n) is 16.5. The van der Waals surface area contributed by atoms with Crippen LogP contribution in [0.5, 0.6) is 0 Å². The van der Waals surface area contributed by atoms with E-state index < -0.39 is 40.8 Å². The molecule has 0 aromatic heterocycles. The van der Waals surface area contributed by atoms with Crippen LogP contribution in [0.25, 0.3) is 11.1 Å². The lowest BCUT2D eigenvalue weighted by Gasteiger charge is -2.35. The van der Waals surface area contributed by atoms with Crippen molar-refractivity contribution in [2.75, 3.05) is 0 Å². The van der Waals surface area contributed by atoms with Gasteiger partial charge < -0.3 is 14.2 Å². The van der Waals surface area contributed by atoms with Crippen molar-refractivity contribution in [1.82, 2.24) is 0 Å². The molecule has 0 fully saturated rings. The van der Waals surface area contributed by atoms with Gasteiger partial charge in [-0.3, -0.25) is 9.59 Å². The van der Waals surface area contributed by atoms with Gasteiger partial charge in [-0.05, 0) is 92.6 Å². The Balaban J connectivity index is 1.49. The van der Waals surface area contributed by atoms with Crippen molar-refractivity contribution in [3.8, 4) is 23.0 Å². The van der Waals surface area contributed by atoms with E-state index in [0.717, 1.165) is 77.9 Å². The summed E-state index contributed by atoms with van der Waals surface area (Å²) in [5.74, 6) is 6.01. The monoisotopic (exact) mass is 762 g/mol. The molecular formula is C53H46O5. The normalized spacial score (nSPS) is 19.2. The Morgan fingerprint density at radius 3 is 1.55 bits per heavy atom. The molecule has 2 atom stereocenters. The predicted molar refractivity (Wildman–Crippen MR) is 226 cm³/mol. The van der Waals surface area contributed by atoms with E-state index in [1.54, 1.807) is 0 Å². The van der Waals surface area contributed by atoms with Gasteiger partial charge in [0.25, 0.3) is 0 Å². The van der Waals surface area contributed by atoms with Gasteiger partial charge in [-0.2, -0.15) is 0 Å². The van der Waals surface area contributed by atoms with Crippen LogP contribution in [-0.2, 0) is 47.8 Å². The first kappa shape index (κ1) is 37.4. The lowest BCUT2D eigenvalue weighted by Crippen LogP contribution is -2.44. The van der Waals surface area contributed by atoms with Crippen LogP contribution in [0.3, 0.4) is 0 Å². The van der Waals surface area contributed by atoms with Crippen molar-refractivity contribution < 1.29 is 23.8 Å². The molecule has 3 aliphatic rings. The van der Waals surface area contributed by atoms with Gasteiger partial charge in [-0.15, -0.1) is 0 Å². The third-order valence-corrected chi connectivity index (χ3v) is 11.9. The molecule has 1 aliphatic carbocycles. The van der Waals surface area contributed by atoms with Crippen LogP contribution < -0.4 is 0 Å². The van der Waals surface area contributed by atoms with Gasteiger partial charge in [0.1, 0.15) is 11.2 Å². The number of carbonyl (C=O) groups excluding carboxylic acids is 2.